The summed E-state index contributed by atoms with van der Waals surface area (Å²) in [4.78, 5) is 0. The Morgan fingerprint density at radius 2 is 0.579 bits per heavy atom. The minimum Gasteiger partial charge on any atom is -0.199 e. The summed E-state index contributed by atoms with van der Waals surface area (Å²) in [6, 6.07) is -10.2. The molecule has 0 saturated carbocycles. The van der Waals surface area contributed by atoms with Crippen molar-refractivity contribution in [2.24, 2.45) is 0 Å². The normalized spacial score (nSPS) is 15.5. The van der Waals surface area contributed by atoms with Gasteiger partial charge in [-0.15, -0.1) is 0 Å². The minimum atomic E-state index is -6.42. The monoisotopic (exact) mass is 316 g/mol. The summed E-state index contributed by atoms with van der Waals surface area (Å²) in [5.74, 6) is 0. The Morgan fingerprint density at radius 1 is 0.421 bits per heavy atom. The van der Waals surface area contributed by atoms with Gasteiger partial charge in [0.25, 0.3) is 0 Å². The second kappa shape index (κ2) is 4.90. The molecule has 1 radical (unpaired) electrons. The van der Waals surface area contributed by atoms with Crippen LogP contribution in [0.15, 0.2) is 0 Å². The maximum Gasteiger partial charge on any atom is 0.414 e. The van der Waals surface area contributed by atoms with Crippen molar-refractivity contribution < 1.29 is 52.7 Å². The van der Waals surface area contributed by atoms with Crippen molar-refractivity contribution in [3.8, 4) is 0 Å². The van der Waals surface area contributed by atoms with Crippen LogP contribution in [0.1, 0.15) is 0 Å². The van der Waals surface area contributed by atoms with Crippen LogP contribution in [0.3, 0.4) is 0 Å². The second-order valence-electron chi connectivity index (χ2n) is 3.12. The fourth-order valence-electron chi connectivity index (χ4n) is 0.858. The SMILES string of the molecule is FC(F)(F)C([N]C(C(F)(F)F)C(F)(F)F)C(F)(F)F. The molecule has 0 aliphatic carbocycles. The van der Waals surface area contributed by atoms with Gasteiger partial charge in [0.1, 0.15) is 0 Å². The van der Waals surface area contributed by atoms with Crippen LogP contribution in [0.5, 0.6) is 0 Å². The first-order valence-electron chi connectivity index (χ1n) is 3.94. The molecule has 0 amide bonds. The van der Waals surface area contributed by atoms with Gasteiger partial charge >= 0.3 is 24.7 Å². The lowest BCUT2D eigenvalue weighted by Crippen LogP contribution is -2.59. The van der Waals surface area contributed by atoms with E-state index in [1.54, 1.807) is 0 Å². The number of halogens is 12. The van der Waals surface area contributed by atoms with Crippen molar-refractivity contribution in [3.05, 3.63) is 0 Å². The van der Waals surface area contributed by atoms with Gasteiger partial charge in [-0.05, 0) is 0 Å². The van der Waals surface area contributed by atoms with Crippen LogP contribution in [0, 0.1) is 0 Å². The van der Waals surface area contributed by atoms with Gasteiger partial charge in [0.15, 0.2) is 0 Å². The number of hydrogen-bond acceptors (Lipinski definition) is 0. The molecular weight excluding hydrogens is 314 g/mol. The first-order chi connectivity index (χ1) is 7.97. The molecule has 0 atom stereocenters. The van der Waals surface area contributed by atoms with Crippen LogP contribution >= 0.6 is 0 Å². The maximum absolute atomic E-state index is 11.8. The lowest BCUT2D eigenvalue weighted by atomic mass is 10.2. The molecule has 0 aromatic rings. The van der Waals surface area contributed by atoms with Crippen molar-refractivity contribution in [2.75, 3.05) is 0 Å². The predicted molar refractivity (Wildman–Crippen MR) is 33.9 cm³/mol. The number of hydrogen-bond donors (Lipinski definition) is 0. The van der Waals surface area contributed by atoms with E-state index in [0.717, 1.165) is 5.32 Å². The fourth-order valence-corrected chi connectivity index (χ4v) is 0.858. The molecule has 1 nitrogen and oxygen atoms in total. The van der Waals surface area contributed by atoms with Crippen molar-refractivity contribution in [2.45, 2.75) is 36.8 Å². The third-order valence-electron chi connectivity index (χ3n) is 1.54. The average Bonchev–Trinajstić information content (AvgIpc) is 1.91. The summed E-state index contributed by atoms with van der Waals surface area (Å²) in [5, 5.41) is 0.861. The minimum absolute atomic E-state index is 0.861. The Hall–Kier alpha value is -0.880. The molecule has 0 spiro atoms. The van der Waals surface area contributed by atoms with E-state index in [0.29, 0.717) is 0 Å². The second-order valence-corrected chi connectivity index (χ2v) is 3.12. The number of alkyl halides is 12. The molecule has 0 fully saturated rings. The Balaban J connectivity index is 5.43. The van der Waals surface area contributed by atoms with E-state index in [9.17, 15) is 52.7 Å². The smallest absolute Gasteiger partial charge is 0.199 e. The summed E-state index contributed by atoms with van der Waals surface area (Å²) < 4.78 is 142. The van der Waals surface area contributed by atoms with Crippen LogP contribution in [0.2, 0.25) is 0 Å². The maximum atomic E-state index is 11.8. The first kappa shape index (κ1) is 18.1. The summed E-state index contributed by atoms with van der Waals surface area (Å²) in [6.45, 7) is 0. The third kappa shape index (κ3) is 5.32. The molecule has 0 aromatic carbocycles. The molecule has 0 unspecified atom stereocenters. The molecule has 0 aromatic heterocycles. The summed E-state index contributed by atoms with van der Waals surface area (Å²) >= 11 is 0. The zero-order valence-electron chi connectivity index (χ0n) is 8.14. The zero-order valence-corrected chi connectivity index (χ0v) is 8.14. The van der Waals surface area contributed by atoms with Crippen molar-refractivity contribution >= 4 is 0 Å². The molecule has 0 aliphatic heterocycles. The van der Waals surface area contributed by atoms with E-state index in [1.165, 1.54) is 0 Å². The Morgan fingerprint density at radius 3 is 0.684 bits per heavy atom. The highest BCUT2D eigenvalue weighted by Crippen LogP contribution is 2.40. The Kier molecular flexibility index (Phi) is 4.68. The predicted octanol–water partition coefficient (Wildman–Crippen LogP) is 3.58. The van der Waals surface area contributed by atoms with Crippen LogP contribution in [-0.4, -0.2) is 36.8 Å². The molecule has 13 heteroatoms. The molecule has 0 saturated heterocycles. The third-order valence-corrected chi connectivity index (χ3v) is 1.54. The molecule has 0 aliphatic rings. The Labute approximate surface area is 96.1 Å². The highest BCUT2D eigenvalue weighted by molar-refractivity contribution is 4.91. The van der Waals surface area contributed by atoms with Crippen molar-refractivity contribution in [1.82, 2.24) is 5.32 Å². The van der Waals surface area contributed by atoms with Crippen LogP contribution in [0.25, 0.3) is 0 Å². The first-order valence-corrected chi connectivity index (χ1v) is 3.94. The summed E-state index contributed by atoms with van der Waals surface area (Å²) in [7, 11) is 0. The van der Waals surface area contributed by atoms with Crippen molar-refractivity contribution in [3.63, 3.8) is 0 Å². The van der Waals surface area contributed by atoms with E-state index in [-0.39, 0.29) is 0 Å². The fraction of sp³-hybridized carbons (Fsp3) is 1.00. The standard InChI is InChI=1S/C6H2F12N/c7-3(8,9)1(4(10,11)12)19-2(5(13,14)15)6(16,17)18/h1-2H. The largest absolute Gasteiger partial charge is 0.414 e. The number of rotatable bonds is 2. The molecule has 115 valence electrons. The van der Waals surface area contributed by atoms with Crippen molar-refractivity contribution in [1.29, 1.82) is 0 Å². The summed E-state index contributed by atoms with van der Waals surface area (Å²) in [6.07, 6.45) is -25.7. The van der Waals surface area contributed by atoms with Gasteiger partial charge in [-0.3, -0.25) is 0 Å². The van der Waals surface area contributed by atoms with Crippen LogP contribution < -0.4 is 5.32 Å². The van der Waals surface area contributed by atoms with E-state index in [4.69, 9.17) is 0 Å². The van der Waals surface area contributed by atoms with Gasteiger partial charge < -0.3 is 0 Å². The van der Waals surface area contributed by atoms with Gasteiger partial charge in [0, 0.05) is 0 Å². The van der Waals surface area contributed by atoms with Gasteiger partial charge in [-0.25, -0.2) is 0 Å². The molecule has 0 heterocycles. The molecule has 19 heavy (non-hydrogen) atoms. The highest BCUT2D eigenvalue weighted by atomic mass is 19.4. The lowest BCUT2D eigenvalue weighted by molar-refractivity contribution is -0.298. The topological polar surface area (TPSA) is 14.1 Å². The summed E-state index contributed by atoms with van der Waals surface area (Å²) in [5.41, 5.74) is 0. The molecule has 0 rings (SSSR count). The van der Waals surface area contributed by atoms with E-state index < -0.39 is 36.8 Å². The van der Waals surface area contributed by atoms with Crippen LogP contribution in [-0.2, 0) is 0 Å². The van der Waals surface area contributed by atoms with E-state index in [1.807, 2.05) is 0 Å². The van der Waals surface area contributed by atoms with Crippen LogP contribution in [0.4, 0.5) is 52.7 Å². The van der Waals surface area contributed by atoms with Gasteiger partial charge in [0.2, 0.25) is 12.1 Å². The quantitative estimate of drug-likeness (QED) is 0.692. The zero-order chi connectivity index (χ0) is 15.9. The number of nitrogens with zero attached hydrogens (tertiary/aromatic N) is 1. The van der Waals surface area contributed by atoms with Gasteiger partial charge in [-0.2, -0.15) is 58.0 Å². The van der Waals surface area contributed by atoms with Gasteiger partial charge in [0.05, 0.1) is 0 Å². The highest BCUT2D eigenvalue weighted by Gasteiger charge is 2.65. The van der Waals surface area contributed by atoms with E-state index in [2.05, 4.69) is 0 Å². The average molecular weight is 316 g/mol. The lowest BCUT2D eigenvalue weighted by Gasteiger charge is -2.29. The molecule has 0 bridgehead atoms. The van der Waals surface area contributed by atoms with E-state index >= 15 is 0 Å². The molecular formula is C6H2F12N. The van der Waals surface area contributed by atoms with Gasteiger partial charge in [-0.1, -0.05) is 0 Å². The molecule has 0 N–H and O–H groups in total. The Bertz CT molecular complexity index is 233.